The van der Waals surface area contributed by atoms with E-state index in [0.717, 1.165) is 24.8 Å². The zero-order valence-corrected chi connectivity index (χ0v) is 8.50. The van der Waals surface area contributed by atoms with Crippen LogP contribution in [-0.2, 0) is 0 Å². The molecule has 0 spiro atoms. The highest BCUT2D eigenvalue weighted by atomic mass is 35.5. The fourth-order valence-corrected chi connectivity index (χ4v) is 1.32. The lowest BCUT2D eigenvalue weighted by Gasteiger charge is -1.99. The van der Waals surface area contributed by atoms with Crippen LogP contribution in [0.15, 0.2) is 24.8 Å². The minimum absolute atomic E-state index is 0.00505. The van der Waals surface area contributed by atoms with Gasteiger partial charge in [-0.3, -0.25) is 4.57 Å². The molecular weight excluding hydrogens is 243 g/mol. The SMILES string of the molecule is Fc1cc(Cl)ncc1-c1cn(C(F)F)cn1. The summed E-state index contributed by atoms with van der Waals surface area (Å²) in [4.78, 5) is 7.32. The minimum atomic E-state index is -2.70. The molecular formula is C9H5ClF3N3. The average molecular weight is 248 g/mol. The molecule has 2 heterocycles. The van der Waals surface area contributed by atoms with E-state index in [1.54, 1.807) is 0 Å². The molecule has 0 radical (unpaired) electrons. The van der Waals surface area contributed by atoms with Gasteiger partial charge in [0.15, 0.2) is 0 Å². The van der Waals surface area contributed by atoms with E-state index in [0.29, 0.717) is 4.57 Å². The highest BCUT2D eigenvalue weighted by molar-refractivity contribution is 6.29. The third-order valence-electron chi connectivity index (χ3n) is 1.92. The minimum Gasteiger partial charge on any atom is -0.280 e. The molecule has 2 aromatic heterocycles. The van der Waals surface area contributed by atoms with Gasteiger partial charge in [0.2, 0.25) is 0 Å². The van der Waals surface area contributed by atoms with Crippen molar-refractivity contribution in [2.45, 2.75) is 6.55 Å². The van der Waals surface area contributed by atoms with Crippen LogP contribution in [0.4, 0.5) is 13.2 Å². The second-order valence-electron chi connectivity index (χ2n) is 2.97. The maximum atomic E-state index is 13.4. The van der Waals surface area contributed by atoms with E-state index in [4.69, 9.17) is 11.6 Å². The maximum Gasteiger partial charge on any atom is 0.319 e. The van der Waals surface area contributed by atoms with E-state index < -0.39 is 12.4 Å². The third kappa shape index (κ3) is 2.01. The predicted molar refractivity (Wildman–Crippen MR) is 51.7 cm³/mol. The van der Waals surface area contributed by atoms with E-state index >= 15 is 0 Å². The van der Waals surface area contributed by atoms with Crippen molar-refractivity contribution in [2.75, 3.05) is 0 Å². The normalized spacial score (nSPS) is 11.1. The summed E-state index contributed by atoms with van der Waals surface area (Å²) in [5, 5.41) is -0.00505. The first kappa shape index (κ1) is 10.9. The van der Waals surface area contributed by atoms with Gasteiger partial charge in [0.25, 0.3) is 0 Å². The Labute approximate surface area is 93.5 Å². The van der Waals surface area contributed by atoms with E-state index in [1.807, 2.05) is 0 Å². The number of hydrogen-bond donors (Lipinski definition) is 0. The predicted octanol–water partition coefficient (Wildman–Crippen LogP) is 3.13. The van der Waals surface area contributed by atoms with Gasteiger partial charge < -0.3 is 0 Å². The zero-order valence-electron chi connectivity index (χ0n) is 7.74. The Balaban J connectivity index is 2.42. The number of imidazole rings is 1. The first-order valence-corrected chi connectivity index (χ1v) is 4.59. The molecule has 0 aromatic carbocycles. The van der Waals surface area contributed by atoms with Crippen LogP contribution in [0.1, 0.15) is 6.55 Å². The van der Waals surface area contributed by atoms with Crippen molar-refractivity contribution in [2.24, 2.45) is 0 Å². The molecule has 0 atom stereocenters. The first-order chi connectivity index (χ1) is 7.58. The number of nitrogens with zero attached hydrogens (tertiary/aromatic N) is 3. The van der Waals surface area contributed by atoms with Crippen LogP contribution in [0.25, 0.3) is 11.3 Å². The molecule has 0 aliphatic rings. The number of halogens is 4. The van der Waals surface area contributed by atoms with Gasteiger partial charge in [-0.1, -0.05) is 11.6 Å². The van der Waals surface area contributed by atoms with Crippen molar-refractivity contribution >= 4 is 11.6 Å². The molecule has 0 N–H and O–H groups in total. The molecule has 0 fully saturated rings. The van der Waals surface area contributed by atoms with E-state index in [9.17, 15) is 13.2 Å². The smallest absolute Gasteiger partial charge is 0.280 e. The molecule has 0 bridgehead atoms. The molecule has 0 unspecified atom stereocenters. The summed E-state index contributed by atoms with van der Waals surface area (Å²) in [5.74, 6) is -0.653. The summed E-state index contributed by atoms with van der Waals surface area (Å²) < 4.78 is 38.5. The number of pyridine rings is 1. The molecule has 0 saturated carbocycles. The second-order valence-corrected chi connectivity index (χ2v) is 3.36. The molecule has 0 aliphatic heterocycles. The number of aromatic nitrogens is 3. The Morgan fingerprint density at radius 1 is 1.31 bits per heavy atom. The largest absolute Gasteiger partial charge is 0.319 e. The summed E-state index contributed by atoms with van der Waals surface area (Å²) in [6.07, 6.45) is 3.11. The van der Waals surface area contributed by atoms with E-state index in [1.165, 1.54) is 0 Å². The van der Waals surface area contributed by atoms with Crippen molar-refractivity contribution in [3.05, 3.63) is 35.8 Å². The molecule has 0 amide bonds. The van der Waals surface area contributed by atoms with Gasteiger partial charge in [0.1, 0.15) is 11.0 Å². The van der Waals surface area contributed by atoms with Crippen LogP contribution >= 0.6 is 11.6 Å². The number of rotatable bonds is 2. The average Bonchev–Trinajstić information content (AvgIpc) is 2.66. The topological polar surface area (TPSA) is 30.7 Å². The lowest BCUT2D eigenvalue weighted by molar-refractivity contribution is 0.0702. The molecule has 2 rings (SSSR count). The summed E-state index contributed by atoms with van der Waals surface area (Å²) in [6, 6.07) is 0.998. The lowest BCUT2D eigenvalue weighted by Crippen LogP contribution is -1.92. The van der Waals surface area contributed by atoms with Gasteiger partial charge in [0.05, 0.1) is 17.6 Å². The molecule has 16 heavy (non-hydrogen) atoms. The van der Waals surface area contributed by atoms with Gasteiger partial charge >= 0.3 is 6.55 Å². The molecule has 0 aliphatic carbocycles. The summed E-state index contributed by atoms with van der Waals surface area (Å²) in [7, 11) is 0. The standard InChI is InChI=1S/C9H5ClF3N3/c10-8-1-6(11)5(2-14-8)7-3-16(4-15-7)9(12)13/h1-4,9H. The van der Waals surface area contributed by atoms with Gasteiger partial charge in [-0.2, -0.15) is 8.78 Å². The Bertz CT molecular complexity index is 512. The summed E-state index contributed by atoms with van der Waals surface area (Å²) in [6.45, 7) is -2.70. The molecule has 2 aromatic rings. The van der Waals surface area contributed by atoms with Gasteiger partial charge in [-0.25, -0.2) is 14.4 Å². The zero-order chi connectivity index (χ0) is 11.7. The number of alkyl halides is 2. The Hall–Kier alpha value is -1.56. The van der Waals surface area contributed by atoms with Crippen molar-refractivity contribution in [1.82, 2.24) is 14.5 Å². The van der Waals surface area contributed by atoms with Gasteiger partial charge in [-0.15, -0.1) is 0 Å². The second kappa shape index (κ2) is 4.13. The van der Waals surface area contributed by atoms with E-state index in [2.05, 4.69) is 9.97 Å². The number of hydrogen-bond acceptors (Lipinski definition) is 2. The van der Waals surface area contributed by atoms with Crippen LogP contribution in [-0.4, -0.2) is 14.5 Å². The van der Waals surface area contributed by atoms with Crippen molar-refractivity contribution in [1.29, 1.82) is 0 Å². The van der Waals surface area contributed by atoms with Crippen LogP contribution in [0.2, 0.25) is 5.15 Å². The Morgan fingerprint density at radius 3 is 2.62 bits per heavy atom. The molecule has 3 nitrogen and oxygen atoms in total. The quantitative estimate of drug-likeness (QED) is 0.764. The van der Waals surface area contributed by atoms with Crippen LogP contribution < -0.4 is 0 Å². The van der Waals surface area contributed by atoms with Gasteiger partial charge in [-0.05, 0) is 0 Å². The van der Waals surface area contributed by atoms with Crippen molar-refractivity contribution in [3.8, 4) is 11.3 Å². The third-order valence-corrected chi connectivity index (χ3v) is 2.13. The molecule has 84 valence electrons. The Morgan fingerprint density at radius 2 is 2.06 bits per heavy atom. The highest BCUT2D eigenvalue weighted by Crippen LogP contribution is 2.23. The summed E-state index contributed by atoms with van der Waals surface area (Å²) in [5.41, 5.74) is 0.116. The molecule has 7 heteroatoms. The van der Waals surface area contributed by atoms with Crippen molar-refractivity contribution in [3.63, 3.8) is 0 Å². The fraction of sp³-hybridized carbons (Fsp3) is 0.111. The first-order valence-electron chi connectivity index (χ1n) is 4.21. The Kier molecular flexibility index (Phi) is 2.82. The monoisotopic (exact) mass is 247 g/mol. The fourth-order valence-electron chi connectivity index (χ4n) is 1.18. The highest BCUT2D eigenvalue weighted by Gasteiger charge is 2.12. The van der Waals surface area contributed by atoms with Gasteiger partial charge in [0, 0.05) is 18.5 Å². The van der Waals surface area contributed by atoms with Crippen LogP contribution in [0, 0.1) is 5.82 Å². The van der Waals surface area contributed by atoms with E-state index in [-0.39, 0.29) is 16.4 Å². The van der Waals surface area contributed by atoms with Crippen LogP contribution in [0.3, 0.4) is 0 Å². The maximum absolute atomic E-state index is 13.4. The van der Waals surface area contributed by atoms with Crippen molar-refractivity contribution < 1.29 is 13.2 Å². The lowest BCUT2D eigenvalue weighted by atomic mass is 10.2. The summed E-state index contributed by atoms with van der Waals surface area (Å²) >= 11 is 5.46. The molecule has 0 saturated heterocycles. The van der Waals surface area contributed by atoms with Crippen LogP contribution in [0.5, 0.6) is 0 Å².